The van der Waals surface area contributed by atoms with Gasteiger partial charge in [0.1, 0.15) is 44.3 Å². The van der Waals surface area contributed by atoms with Crippen LogP contribution in [0.5, 0.6) is 0 Å². The molecule has 4 aliphatic heterocycles. The monoisotopic (exact) mass is 1290 g/mol. The lowest BCUT2D eigenvalue weighted by molar-refractivity contribution is -0.486. The largest absolute Gasteiger partial charge is 0.354 e. The van der Waals surface area contributed by atoms with Gasteiger partial charge in [-0.15, -0.1) is 16.3 Å². The van der Waals surface area contributed by atoms with E-state index < -0.39 is 15.1 Å². The molecular formula is C47H53Cl4N23O7S3. The molecule has 5 aromatic rings. The van der Waals surface area contributed by atoms with Crippen molar-refractivity contribution in [1.82, 2.24) is 65.4 Å². The van der Waals surface area contributed by atoms with Crippen molar-refractivity contribution >= 4 is 109 Å². The number of thiazole rings is 1. The molecule has 3 N–H and O–H groups in total. The number of hydrogen-bond donors (Lipinski definition) is 3. The number of halogens is 4. The Labute approximate surface area is 513 Å². The second-order valence-corrected chi connectivity index (χ2v) is 21.8. The Kier molecular flexibility index (Phi) is 28.5. The number of hydrogen-bond acceptors (Lipinski definition) is 21. The van der Waals surface area contributed by atoms with Gasteiger partial charge >= 0.3 is 0 Å². The maximum absolute atomic E-state index is 10.4. The van der Waals surface area contributed by atoms with Gasteiger partial charge in [-0.3, -0.25) is 10.3 Å². The molecule has 3 saturated heterocycles. The first-order valence-electron chi connectivity index (χ1n) is 24.6. The van der Waals surface area contributed by atoms with Crippen LogP contribution in [0.15, 0.2) is 105 Å². The normalized spacial score (nSPS) is 15.8. The highest BCUT2D eigenvalue weighted by Gasteiger charge is 2.24. The summed E-state index contributed by atoms with van der Waals surface area (Å²) in [5.41, 5.74) is 3.96. The van der Waals surface area contributed by atoms with Gasteiger partial charge in [-0.25, -0.2) is 55.3 Å². The number of aliphatic imine (C=N–C) groups is 2. The smallest absolute Gasteiger partial charge is 0.275 e. The number of nitrogens with one attached hydrogen (secondary N) is 3. The Morgan fingerprint density at radius 1 is 0.726 bits per heavy atom. The first kappa shape index (κ1) is 66.8. The van der Waals surface area contributed by atoms with E-state index in [0.29, 0.717) is 71.0 Å². The number of hydrazone groups is 3. The fourth-order valence-electron chi connectivity index (χ4n) is 7.25. The van der Waals surface area contributed by atoms with Crippen LogP contribution < -0.4 is 16.0 Å². The Bertz CT molecular complexity index is 3190. The van der Waals surface area contributed by atoms with Crippen molar-refractivity contribution < 1.29 is 19.8 Å². The average Bonchev–Trinajstić information content (AvgIpc) is 4.49. The first-order valence-corrected chi connectivity index (χ1v) is 28.9. The van der Waals surface area contributed by atoms with Crippen LogP contribution in [0.25, 0.3) is 0 Å². The fourth-order valence-corrected chi connectivity index (χ4v) is 10.4. The molecule has 0 spiro atoms. The molecule has 0 radical (unpaired) electrons. The van der Waals surface area contributed by atoms with Crippen LogP contribution in [0.2, 0.25) is 20.6 Å². The number of ether oxygens (including phenoxy) is 1. The molecule has 444 valence electrons. The number of aromatic nitrogens is 5. The molecule has 4 aliphatic rings. The fraction of sp³-hybridized carbons (Fsp3) is 0.362. The predicted octanol–water partition coefficient (Wildman–Crippen LogP) is 6.59. The van der Waals surface area contributed by atoms with Crippen LogP contribution in [-0.2, 0) is 37.5 Å². The number of nitriles is 2. The summed E-state index contributed by atoms with van der Waals surface area (Å²) in [5.74, 6) is 2.83. The molecule has 0 unspecified atom stereocenters. The van der Waals surface area contributed by atoms with E-state index in [1.165, 1.54) is 11.8 Å². The number of aryl methyl sites for hydroxylation is 1. The van der Waals surface area contributed by atoms with Crippen molar-refractivity contribution in [2.75, 3.05) is 64.7 Å². The van der Waals surface area contributed by atoms with Crippen molar-refractivity contribution in [3.8, 4) is 12.4 Å². The van der Waals surface area contributed by atoms with Crippen LogP contribution in [0.1, 0.15) is 39.1 Å². The van der Waals surface area contributed by atoms with Crippen molar-refractivity contribution in [3.05, 3.63) is 163 Å². The Morgan fingerprint density at radius 2 is 1.26 bits per heavy atom. The lowest BCUT2D eigenvalue weighted by atomic mass is 10.2. The van der Waals surface area contributed by atoms with E-state index in [0.717, 1.165) is 75.0 Å². The highest BCUT2D eigenvalue weighted by Crippen LogP contribution is 2.22. The predicted molar refractivity (Wildman–Crippen MR) is 322 cm³/mol. The highest BCUT2D eigenvalue weighted by atomic mass is 35.5. The third kappa shape index (κ3) is 24.1. The molecule has 0 aliphatic carbocycles. The maximum Gasteiger partial charge on any atom is 0.275 e. The number of nitrogens with zero attached hydrogens (tertiary/aromatic N) is 20. The van der Waals surface area contributed by atoms with E-state index in [-0.39, 0.29) is 25.4 Å². The molecule has 30 nitrogen and oxygen atoms in total. The van der Waals surface area contributed by atoms with Gasteiger partial charge in [0.2, 0.25) is 17.3 Å². The van der Waals surface area contributed by atoms with E-state index in [9.17, 15) is 30.3 Å². The second-order valence-electron chi connectivity index (χ2n) is 16.8. The van der Waals surface area contributed by atoms with Crippen LogP contribution in [0.4, 0.5) is 0 Å². The van der Waals surface area contributed by atoms with E-state index in [4.69, 9.17) is 61.7 Å². The standard InChI is InChI=1S/C10H14ClN5O2.C10H10ClN5.C10H9ClN4S.C9H9ClN4O2S.C8H11N5O3S/c1-3-15(10(12-2)14-16(17)18)7-8-4-5-9(11)13-6-8;11-9-2-1-8(5-14-9)6-16-4-3-13-10(16)15-7-12;11-9-2-1-8(5-13-9)6-15-3-4-16-10(15)14-7-12;10-8-2-1-7(5-11-8)6-13-3-4-17-9(13)12-14(15)16;1-6-9-2-7(17-6)3-12-5-16-4-10-8(12)11-13(14)15/h4-6H,3,7H2,1-2H3,(H,12,14);1-2,5H,3-4,6H2,(H,13,15);1-2,5H,3-4,6H2;1-2,5H,3-4,6H2;2H,3-5H2,1H3,(H,10,11)/b;;;12-9+;. The van der Waals surface area contributed by atoms with Gasteiger partial charge in [0, 0.05) is 107 Å². The highest BCUT2D eigenvalue weighted by molar-refractivity contribution is 8.14. The molecule has 0 bridgehead atoms. The second kappa shape index (κ2) is 35.9. The molecule has 3 fully saturated rings. The molecule has 0 atom stereocenters. The van der Waals surface area contributed by atoms with Crippen LogP contribution in [0.3, 0.4) is 0 Å². The van der Waals surface area contributed by atoms with Crippen molar-refractivity contribution in [1.29, 1.82) is 10.5 Å². The summed E-state index contributed by atoms with van der Waals surface area (Å²) in [4.78, 5) is 69.5. The Hall–Kier alpha value is -8.02. The van der Waals surface area contributed by atoms with Gasteiger partial charge < -0.3 is 39.9 Å². The van der Waals surface area contributed by atoms with E-state index >= 15 is 0 Å². The first-order chi connectivity index (χ1) is 40.4. The molecule has 9 rings (SSSR count). The van der Waals surface area contributed by atoms with Gasteiger partial charge in [-0.1, -0.05) is 94.2 Å². The van der Waals surface area contributed by atoms with E-state index in [2.05, 4.69) is 71.1 Å². The molecule has 9 heterocycles. The summed E-state index contributed by atoms with van der Waals surface area (Å²) >= 11 is 27.3. The minimum Gasteiger partial charge on any atom is -0.354 e. The summed E-state index contributed by atoms with van der Waals surface area (Å²) in [6.45, 7) is 11.0. The number of guanidine groups is 3. The third-order valence-corrected chi connectivity index (χ3v) is 14.7. The van der Waals surface area contributed by atoms with Gasteiger partial charge in [-0.2, -0.15) is 10.5 Å². The maximum atomic E-state index is 10.4. The molecule has 0 saturated carbocycles. The zero-order valence-corrected chi connectivity index (χ0v) is 50.4. The van der Waals surface area contributed by atoms with Gasteiger partial charge in [-0.05, 0) is 60.4 Å². The third-order valence-electron chi connectivity index (χ3n) is 10.9. The quantitative estimate of drug-likeness (QED) is 0.0201. The zero-order chi connectivity index (χ0) is 60.8. The molecule has 5 aromatic heterocycles. The number of amidine groups is 2. The molecular weight excluding hydrogens is 1240 g/mol. The molecule has 0 aromatic carbocycles. The Morgan fingerprint density at radius 3 is 1.73 bits per heavy atom. The van der Waals surface area contributed by atoms with Gasteiger partial charge in [0.15, 0.2) is 26.5 Å². The molecule has 0 amide bonds. The topological polar surface area (TPSA) is 365 Å². The lowest BCUT2D eigenvalue weighted by Gasteiger charge is -2.28. The van der Waals surface area contributed by atoms with Crippen molar-refractivity contribution in [2.24, 2.45) is 25.3 Å². The number of thioether (sulfide) groups is 2. The van der Waals surface area contributed by atoms with E-state index in [1.54, 1.807) is 95.2 Å². The number of nitro groups is 3. The minimum atomic E-state index is -0.728. The number of rotatable bonds is 14. The van der Waals surface area contributed by atoms with Crippen LogP contribution >= 0.6 is 81.3 Å². The van der Waals surface area contributed by atoms with Crippen LogP contribution in [-0.4, -0.2) is 157 Å². The van der Waals surface area contributed by atoms with Gasteiger partial charge in [0.05, 0.1) is 23.2 Å². The zero-order valence-electron chi connectivity index (χ0n) is 44.9. The van der Waals surface area contributed by atoms with Gasteiger partial charge in [0.25, 0.3) is 11.9 Å². The van der Waals surface area contributed by atoms with Crippen molar-refractivity contribution in [2.45, 2.75) is 46.6 Å². The summed E-state index contributed by atoms with van der Waals surface area (Å²) in [6.07, 6.45) is 12.2. The molecule has 37 heteroatoms. The SMILES string of the molecule is CCN(Cc1ccc(Cl)nc1)/C(=N\[N+](=O)[O-])NC.Cc1ncc(CN2COCN/C2=N/[N+](=O)[O-])s1.N#CN=C1SCCN1Cc1ccc(Cl)nc1.N#CNC1=NCCN1Cc1ccc(Cl)nc1.O=[N+]([O-])/N=C1/SCCN1Cc1ccc(Cl)nc1. The molecule has 84 heavy (non-hydrogen) atoms. The van der Waals surface area contributed by atoms with Crippen LogP contribution in [0, 0.1) is 60.2 Å². The number of pyridine rings is 4. The summed E-state index contributed by atoms with van der Waals surface area (Å²) in [6, 6.07) is 14.4. The Balaban J connectivity index is 0.000000192. The van der Waals surface area contributed by atoms with Crippen molar-refractivity contribution in [3.63, 3.8) is 0 Å². The summed E-state index contributed by atoms with van der Waals surface area (Å²) in [7, 11) is 1.59. The lowest BCUT2D eigenvalue weighted by Crippen LogP contribution is -2.48. The minimum absolute atomic E-state index is 0.206. The summed E-state index contributed by atoms with van der Waals surface area (Å²) in [5, 5.41) is 68.0. The average molecular weight is 1290 g/mol. The summed E-state index contributed by atoms with van der Waals surface area (Å²) < 4.78 is 5.17. The van der Waals surface area contributed by atoms with E-state index in [1.807, 2.05) is 60.3 Å².